The lowest BCUT2D eigenvalue weighted by Crippen LogP contribution is -1.91. The van der Waals surface area contributed by atoms with Crippen LogP contribution in [0.4, 0.5) is 0 Å². The van der Waals surface area contributed by atoms with Gasteiger partial charge in [-0.05, 0) is 60.0 Å². The van der Waals surface area contributed by atoms with Gasteiger partial charge in [-0.15, -0.1) is 11.8 Å². The largest absolute Gasteiger partial charge is 0.389 e. The van der Waals surface area contributed by atoms with Crippen molar-refractivity contribution >= 4 is 27.7 Å². The first-order chi connectivity index (χ1) is 9.45. The minimum Gasteiger partial charge on any atom is -0.389 e. The first-order valence-electron chi connectivity index (χ1n) is 6.63. The van der Waals surface area contributed by atoms with E-state index in [1.807, 2.05) is 23.9 Å². The molecular weight excluding hydrogens is 332 g/mol. The molecule has 0 amide bonds. The Morgan fingerprint density at radius 1 is 1.10 bits per heavy atom. The third-order valence-corrected chi connectivity index (χ3v) is 5.18. The highest BCUT2D eigenvalue weighted by molar-refractivity contribution is 9.10. The molecule has 2 aromatic rings. The molecule has 0 aliphatic heterocycles. The van der Waals surface area contributed by atoms with E-state index in [1.165, 1.54) is 21.6 Å². The summed E-state index contributed by atoms with van der Waals surface area (Å²) in [6.45, 7) is 6.05. The van der Waals surface area contributed by atoms with E-state index in [-0.39, 0.29) is 0 Å². The van der Waals surface area contributed by atoms with Gasteiger partial charge < -0.3 is 5.11 Å². The molecule has 1 nitrogen and oxygen atoms in total. The van der Waals surface area contributed by atoms with E-state index < -0.39 is 6.10 Å². The van der Waals surface area contributed by atoms with E-state index in [1.54, 1.807) is 6.92 Å². The normalized spacial score (nSPS) is 12.4. The summed E-state index contributed by atoms with van der Waals surface area (Å²) >= 11 is 5.40. The number of hydrogen-bond acceptors (Lipinski definition) is 2. The van der Waals surface area contributed by atoms with Gasteiger partial charge in [0.05, 0.1) is 6.10 Å². The molecule has 1 atom stereocenters. The van der Waals surface area contributed by atoms with Crippen molar-refractivity contribution in [2.75, 3.05) is 0 Å². The minimum absolute atomic E-state index is 0.426. The Bertz CT molecular complexity index is 588. The zero-order valence-corrected chi connectivity index (χ0v) is 14.4. The van der Waals surface area contributed by atoms with Crippen molar-refractivity contribution in [3.63, 3.8) is 0 Å². The summed E-state index contributed by atoms with van der Waals surface area (Å²) in [7, 11) is 0. The Morgan fingerprint density at radius 3 is 2.30 bits per heavy atom. The molecule has 0 aliphatic rings. The van der Waals surface area contributed by atoms with E-state index in [9.17, 15) is 5.11 Å². The van der Waals surface area contributed by atoms with Crippen molar-refractivity contribution in [1.29, 1.82) is 0 Å². The van der Waals surface area contributed by atoms with Gasteiger partial charge in [0.2, 0.25) is 0 Å². The number of benzene rings is 2. The van der Waals surface area contributed by atoms with Gasteiger partial charge in [-0.25, -0.2) is 0 Å². The van der Waals surface area contributed by atoms with Crippen LogP contribution in [0.2, 0.25) is 0 Å². The molecular formula is C17H19BrOS. The first kappa shape index (κ1) is 15.6. The topological polar surface area (TPSA) is 20.2 Å². The molecule has 106 valence electrons. The molecule has 2 aromatic carbocycles. The lowest BCUT2D eigenvalue weighted by Gasteiger charge is -2.10. The minimum atomic E-state index is -0.426. The summed E-state index contributed by atoms with van der Waals surface area (Å²) in [4.78, 5) is 1.20. The van der Waals surface area contributed by atoms with Crippen molar-refractivity contribution in [1.82, 2.24) is 0 Å². The predicted molar refractivity (Wildman–Crippen MR) is 90.3 cm³/mol. The maximum Gasteiger partial charge on any atom is 0.0762 e. The summed E-state index contributed by atoms with van der Waals surface area (Å²) in [5.41, 5.74) is 4.90. The van der Waals surface area contributed by atoms with E-state index in [0.717, 1.165) is 15.8 Å². The van der Waals surface area contributed by atoms with Crippen LogP contribution >= 0.6 is 27.7 Å². The van der Waals surface area contributed by atoms with Crippen molar-refractivity contribution < 1.29 is 5.11 Å². The standard InChI is InChI=1S/C17H19BrOS/c1-11-6-12(2)8-14(7-11)10-20-17-5-4-15(13(3)19)9-16(17)18/h4-9,13,19H,10H2,1-3H3. The van der Waals surface area contributed by atoms with Crippen molar-refractivity contribution in [3.05, 3.63) is 63.1 Å². The fourth-order valence-corrected chi connectivity index (χ4v) is 3.80. The average Bonchev–Trinajstić information content (AvgIpc) is 2.36. The molecule has 1 N–H and O–H groups in total. The van der Waals surface area contributed by atoms with Crippen LogP contribution < -0.4 is 0 Å². The Kier molecular flexibility index (Phi) is 5.30. The first-order valence-corrected chi connectivity index (χ1v) is 8.41. The molecule has 3 heteroatoms. The highest BCUT2D eigenvalue weighted by Crippen LogP contribution is 2.32. The SMILES string of the molecule is Cc1cc(C)cc(CSc2ccc(C(C)O)cc2Br)c1. The Hall–Kier alpha value is -0.770. The molecule has 2 rings (SSSR count). The van der Waals surface area contributed by atoms with Crippen LogP contribution in [0.1, 0.15) is 35.3 Å². The van der Waals surface area contributed by atoms with Crippen molar-refractivity contribution in [3.8, 4) is 0 Å². The smallest absolute Gasteiger partial charge is 0.0762 e. The van der Waals surface area contributed by atoms with Crippen LogP contribution in [-0.2, 0) is 5.75 Å². The predicted octanol–water partition coefficient (Wildman–Crippen LogP) is 5.41. The van der Waals surface area contributed by atoms with Gasteiger partial charge in [0.1, 0.15) is 0 Å². The van der Waals surface area contributed by atoms with Crippen LogP contribution in [0.3, 0.4) is 0 Å². The number of aliphatic hydroxyl groups is 1. The second-order valence-corrected chi connectivity index (χ2v) is 7.02. The zero-order valence-electron chi connectivity index (χ0n) is 12.0. The number of aryl methyl sites for hydroxylation is 2. The zero-order chi connectivity index (χ0) is 14.7. The van der Waals surface area contributed by atoms with Crippen LogP contribution in [0.5, 0.6) is 0 Å². The molecule has 0 fully saturated rings. The molecule has 0 bridgehead atoms. The molecule has 0 aliphatic carbocycles. The van der Waals surface area contributed by atoms with Crippen molar-refractivity contribution in [2.24, 2.45) is 0 Å². The van der Waals surface area contributed by atoms with Crippen molar-refractivity contribution in [2.45, 2.75) is 37.5 Å². The number of aliphatic hydroxyl groups excluding tert-OH is 1. The third kappa shape index (κ3) is 4.11. The summed E-state index contributed by atoms with van der Waals surface area (Å²) < 4.78 is 1.05. The van der Waals surface area contributed by atoms with Crippen LogP contribution in [0, 0.1) is 13.8 Å². The van der Waals surface area contributed by atoms with Gasteiger partial charge in [-0.2, -0.15) is 0 Å². The summed E-state index contributed by atoms with van der Waals surface area (Å²) in [5.74, 6) is 0.954. The van der Waals surface area contributed by atoms with Gasteiger partial charge in [0.25, 0.3) is 0 Å². The van der Waals surface area contributed by atoms with E-state index >= 15 is 0 Å². The average molecular weight is 351 g/mol. The molecule has 0 saturated heterocycles. The van der Waals surface area contributed by atoms with Gasteiger partial charge in [0.15, 0.2) is 0 Å². The second kappa shape index (κ2) is 6.79. The molecule has 20 heavy (non-hydrogen) atoms. The fraction of sp³-hybridized carbons (Fsp3) is 0.294. The summed E-state index contributed by atoms with van der Waals surface area (Å²) in [6.07, 6.45) is -0.426. The second-order valence-electron chi connectivity index (χ2n) is 5.15. The van der Waals surface area contributed by atoms with E-state index in [4.69, 9.17) is 0 Å². The Labute approximate surface area is 133 Å². The number of hydrogen-bond donors (Lipinski definition) is 1. The quantitative estimate of drug-likeness (QED) is 0.743. The summed E-state index contributed by atoms with van der Waals surface area (Å²) in [6, 6.07) is 12.7. The maximum absolute atomic E-state index is 9.58. The molecule has 0 heterocycles. The van der Waals surface area contributed by atoms with Gasteiger partial charge in [-0.1, -0.05) is 35.4 Å². The Morgan fingerprint density at radius 2 is 1.75 bits per heavy atom. The fourth-order valence-electron chi connectivity index (χ4n) is 2.21. The monoisotopic (exact) mass is 350 g/mol. The molecule has 0 aromatic heterocycles. The lowest BCUT2D eigenvalue weighted by molar-refractivity contribution is 0.199. The number of halogens is 1. The van der Waals surface area contributed by atoms with Crippen LogP contribution in [0.15, 0.2) is 45.8 Å². The third-order valence-electron chi connectivity index (χ3n) is 3.11. The number of rotatable bonds is 4. The maximum atomic E-state index is 9.58. The molecule has 0 spiro atoms. The van der Waals surface area contributed by atoms with Gasteiger partial charge >= 0.3 is 0 Å². The van der Waals surface area contributed by atoms with Crippen LogP contribution in [0.25, 0.3) is 0 Å². The van der Waals surface area contributed by atoms with Gasteiger partial charge in [0, 0.05) is 15.1 Å². The summed E-state index contributed by atoms with van der Waals surface area (Å²) in [5, 5.41) is 9.58. The van der Waals surface area contributed by atoms with Gasteiger partial charge in [-0.3, -0.25) is 0 Å². The lowest BCUT2D eigenvalue weighted by atomic mass is 10.1. The van der Waals surface area contributed by atoms with E-state index in [0.29, 0.717) is 0 Å². The number of thioether (sulfide) groups is 1. The van der Waals surface area contributed by atoms with Crippen LogP contribution in [-0.4, -0.2) is 5.11 Å². The molecule has 0 saturated carbocycles. The highest BCUT2D eigenvalue weighted by atomic mass is 79.9. The Balaban J connectivity index is 2.11. The highest BCUT2D eigenvalue weighted by Gasteiger charge is 2.06. The molecule has 1 unspecified atom stereocenters. The van der Waals surface area contributed by atoms with E-state index in [2.05, 4.69) is 54.0 Å². The molecule has 0 radical (unpaired) electrons.